The van der Waals surface area contributed by atoms with Gasteiger partial charge in [0.05, 0.1) is 17.5 Å². The number of aliphatic carboxylic acids is 1. The summed E-state index contributed by atoms with van der Waals surface area (Å²) in [6, 6.07) is 14.8. The molecular weight excluding hydrogens is 436 g/mol. The van der Waals surface area contributed by atoms with Crippen molar-refractivity contribution in [1.82, 2.24) is 9.55 Å². The van der Waals surface area contributed by atoms with E-state index >= 15 is 0 Å². The van der Waals surface area contributed by atoms with Crippen molar-refractivity contribution < 1.29 is 19.8 Å². The molecule has 0 radical (unpaired) electrons. The lowest BCUT2D eigenvalue weighted by atomic mass is 9.99. The van der Waals surface area contributed by atoms with Crippen LogP contribution >= 0.6 is 11.3 Å². The topological polar surface area (TPSA) is 92.4 Å². The lowest BCUT2D eigenvalue weighted by molar-refractivity contribution is -0.132. The molecule has 0 aliphatic carbocycles. The van der Waals surface area contributed by atoms with Crippen LogP contribution in [0.25, 0.3) is 16.8 Å². The molecule has 0 amide bonds. The third-order valence-electron chi connectivity index (χ3n) is 5.56. The fraction of sp³-hybridized carbons (Fsp3) is 0.192. The Morgan fingerprint density at radius 1 is 1.06 bits per heavy atom. The number of aromatic nitrogens is 2. The Hall–Kier alpha value is -3.71. The van der Waals surface area contributed by atoms with E-state index in [1.54, 1.807) is 18.3 Å². The summed E-state index contributed by atoms with van der Waals surface area (Å²) >= 11 is 1.53. The van der Waals surface area contributed by atoms with Crippen molar-refractivity contribution in [3.8, 4) is 0 Å². The highest BCUT2D eigenvalue weighted by Crippen LogP contribution is 2.26. The van der Waals surface area contributed by atoms with Gasteiger partial charge in [-0.2, -0.15) is 0 Å². The first kappa shape index (κ1) is 22.5. The summed E-state index contributed by atoms with van der Waals surface area (Å²) < 4.78 is 2.03. The van der Waals surface area contributed by atoms with Gasteiger partial charge in [-0.05, 0) is 46.3 Å². The van der Waals surface area contributed by atoms with Crippen LogP contribution in [-0.2, 0) is 24.2 Å². The van der Waals surface area contributed by atoms with Crippen LogP contribution in [0.5, 0.6) is 0 Å². The molecule has 0 fully saturated rings. The number of hydrogen-bond donors (Lipinski definition) is 2. The summed E-state index contributed by atoms with van der Waals surface area (Å²) in [6.45, 7) is 2.54. The fourth-order valence-corrected chi connectivity index (χ4v) is 4.70. The largest absolute Gasteiger partial charge is 0.478 e. The number of carboxylic acids is 2. The SMILES string of the molecule is CCCc1ncc(/C=C(\Cc2cccs2)C(=O)O)n1Cc1ccc(C(=O)O)c2ccccc12. The number of carbonyl (C=O) groups is 2. The van der Waals surface area contributed by atoms with Crippen molar-refractivity contribution >= 4 is 40.1 Å². The second kappa shape index (κ2) is 9.83. The number of aryl methyl sites for hydroxylation is 1. The Morgan fingerprint density at radius 3 is 2.52 bits per heavy atom. The van der Waals surface area contributed by atoms with E-state index in [-0.39, 0.29) is 5.56 Å². The summed E-state index contributed by atoms with van der Waals surface area (Å²) in [5, 5.41) is 22.8. The number of aromatic carboxylic acids is 1. The zero-order valence-electron chi connectivity index (χ0n) is 18.2. The molecule has 0 saturated carbocycles. The van der Waals surface area contributed by atoms with Gasteiger partial charge in [-0.3, -0.25) is 0 Å². The van der Waals surface area contributed by atoms with Crippen molar-refractivity contribution in [3.05, 3.63) is 93.2 Å². The van der Waals surface area contributed by atoms with E-state index in [1.165, 1.54) is 11.3 Å². The Kier molecular flexibility index (Phi) is 6.70. The summed E-state index contributed by atoms with van der Waals surface area (Å²) in [5.41, 5.74) is 2.24. The third kappa shape index (κ3) is 4.88. The fourth-order valence-electron chi connectivity index (χ4n) is 3.97. The molecule has 2 aromatic carbocycles. The maximum atomic E-state index is 12.0. The monoisotopic (exact) mass is 460 g/mol. The number of thiophene rings is 1. The first-order valence-corrected chi connectivity index (χ1v) is 11.6. The highest BCUT2D eigenvalue weighted by atomic mass is 32.1. The Balaban J connectivity index is 1.78. The molecule has 0 bridgehead atoms. The van der Waals surface area contributed by atoms with Crippen molar-refractivity contribution in [3.63, 3.8) is 0 Å². The van der Waals surface area contributed by atoms with E-state index in [9.17, 15) is 19.8 Å². The maximum Gasteiger partial charge on any atom is 0.336 e. The van der Waals surface area contributed by atoms with Crippen molar-refractivity contribution in [1.29, 1.82) is 0 Å². The summed E-state index contributed by atoms with van der Waals surface area (Å²) in [6.07, 6.45) is 5.42. The molecule has 6 nitrogen and oxygen atoms in total. The van der Waals surface area contributed by atoms with Gasteiger partial charge in [0.25, 0.3) is 0 Å². The summed E-state index contributed by atoms with van der Waals surface area (Å²) in [4.78, 5) is 29.2. The van der Waals surface area contributed by atoms with Gasteiger partial charge >= 0.3 is 11.9 Å². The second-order valence-corrected chi connectivity index (χ2v) is 8.82. The number of nitrogens with zero attached hydrogens (tertiary/aromatic N) is 2. The molecule has 0 unspecified atom stereocenters. The van der Waals surface area contributed by atoms with E-state index in [1.807, 2.05) is 52.4 Å². The zero-order valence-corrected chi connectivity index (χ0v) is 19.0. The molecule has 2 N–H and O–H groups in total. The van der Waals surface area contributed by atoms with Crippen molar-refractivity contribution in [2.75, 3.05) is 0 Å². The first-order valence-electron chi connectivity index (χ1n) is 10.7. The molecule has 0 spiro atoms. The van der Waals surface area contributed by atoms with Gasteiger partial charge < -0.3 is 14.8 Å². The van der Waals surface area contributed by atoms with Crippen LogP contribution in [-0.4, -0.2) is 31.7 Å². The van der Waals surface area contributed by atoms with Crippen LogP contribution in [0.4, 0.5) is 0 Å². The minimum Gasteiger partial charge on any atom is -0.478 e. The molecule has 4 aromatic rings. The highest BCUT2D eigenvalue weighted by molar-refractivity contribution is 7.09. The van der Waals surface area contributed by atoms with Gasteiger partial charge in [0.2, 0.25) is 0 Å². The molecule has 0 atom stereocenters. The van der Waals surface area contributed by atoms with Crippen molar-refractivity contribution in [2.45, 2.75) is 32.7 Å². The minimum atomic E-state index is -0.963. The predicted molar refractivity (Wildman–Crippen MR) is 130 cm³/mol. The molecule has 33 heavy (non-hydrogen) atoms. The first-order chi connectivity index (χ1) is 16.0. The van der Waals surface area contributed by atoms with Gasteiger partial charge in [0.1, 0.15) is 5.82 Å². The van der Waals surface area contributed by atoms with Crippen LogP contribution < -0.4 is 0 Å². The van der Waals surface area contributed by atoms with E-state index in [0.717, 1.165) is 40.2 Å². The second-order valence-electron chi connectivity index (χ2n) is 7.79. The Bertz CT molecular complexity index is 1340. The normalized spacial score (nSPS) is 11.7. The minimum absolute atomic E-state index is 0.262. The molecule has 4 rings (SSSR count). The van der Waals surface area contributed by atoms with E-state index < -0.39 is 11.9 Å². The zero-order chi connectivity index (χ0) is 23.4. The van der Waals surface area contributed by atoms with Crippen molar-refractivity contribution in [2.24, 2.45) is 0 Å². The van der Waals surface area contributed by atoms with Gasteiger partial charge in [0.15, 0.2) is 0 Å². The number of fused-ring (bicyclic) bond motifs is 1. The summed E-state index contributed by atoms with van der Waals surface area (Å²) in [7, 11) is 0. The van der Waals surface area contributed by atoms with Gasteiger partial charge in [-0.15, -0.1) is 11.3 Å². The Morgan fingerprint density at radius 2 is 1.85 bits per heavy atom. The van der Waals surface area contributed by atoms with Gasteiger partial charge in [-0.1, -0.05) is 43.3 Å². The number of hydrogen-bond acceptors (Lipinski definition) is 4. The quantitative estimate of drug-likeness (QED) is 0.322. The number of imidazole rings is 1. The van der Waals surface area contributed by atoms with Crippen LogP contribution in [0.3, 0.4) is 0 Å². The molecule has 7 heteroatoms. The standard InChI is InChI=1S/C26H24N2O4S/c1-2-6-24-27-15-19(13-18(25(29)30)14-20-7-5-12-33-20)28(24)16-17-10-11-23(26(31)32)22-9-4-3-8-21(17)22/h3-5,7-13,15H,2,6,14,16H2,1H3,(H,29,30)(H,31,32)/b18-13+. The Labute approximate surface area is 195 Å². The van der Waals surface area contributed by atoms with Gasteiger partial charge in [0, 0.05) is 29.8 Å². The lowest BCUT2D eigenvalue weighted by Crippen LogP contribution is -2.10. The van der Waals surface area contributed by atoms with Crippen LogP contribution in [0, 0.1) is 0 Å². The summed E-state index contributed by atoms with van der Waals surface area (Å²) in [5.74, 6) is -1.05. The third-order valence-corrected chi connectivity index (χ3v) is 6.43. The maximum absolute atomic E-state index is 12.0. The molecule has 0 aliphatic rings. The van der Waals surface area contributed by atoms with E-state index in [2.05, 4.69) is 11.9 Å². The smallest absolute Gasteiger partial charge is 0.336 e. The number of carboxylic acid groups (broad SMARTS) is 2. The predicted octanol–water partition coefficient (Wildman–Crippen LogP) is 5.51. The molecule has 2 heterocycles. The van der Waals surface area contributed by atoms with Gasteiger partial charge in [-0.25, -0.2) is 14.6 Å². The van der Waals surface area contributed by atoms with Crippen LogP contribution in [0.15, 0.2) is 65.7 Å². The molecule has 0 aliphatic heterocycles. The van der Waals surface area contributed by atoms with E-state index in [0.29, 0.717) is 23.9 Å². The molecule has 0 saturated heterocycles. The number of rotatable bonds is 9. The van der Waals surface area contributed by atoms with E-state index in [4.69, 9.17) is 0 Å². The van der Waals surface area contributed by atoms with Crippen LogP contribution in [0.2, 0.25) is 0 Å². The highest BCUT2D eigenvalue weighted by Gasteiger charge is 2.16. The number of benzene rings is 2. The average molecular weight is 461 g/mol. The molecular formula is C26H24N2O4S. The lowest BCUT2D eigenvalue weighted by Gasteiger charge is -2.14. The van der Waals surface area contributed by atoms with Crippen LogP contribution in [0.1, 0.15) is 45.7 Å². The molecule has 168 valence electrons. The average Bonchev–Trinajstić information content (AvgIpc) is 3.44. The molecule has 2 aromatic heterocycles.